The molecule has 0 spiro atoms. The average Bonchev–Trinajstić information content (AvgIpc) is 3.78. The number of nitrogens with one attached hydrogen (secondary N) is 2. The van der Waals surface area contributed by atoms with Crippen LogP contribution in [0.15, 0.2) is 85.7 Å². The molecule has 16 nitrogen and oxygen atoms in total. The van der Waals surface area contributed by atoms with Gasteiger partial charge in [-0.2, -0.15) is 15.5 Å². The summed E-state index contributed by atoms with van der Waals surface area (Å²) in [5.41, 5.74) is 12.2. The first-order chi connectivity index (χ1) is 25.5. The predicted molar refractivity (Wildman–Crippen MR) is 206 cm³/mol. The van der Waals surface area contributed by atoms with Crippen LogP contribution in [-0.4, -0.2) is 63.0 Å². The van der Waals surface area contributed by atoms with E-state index in [1.807, 2.05) is 58.5 Å². The number of nitrogens with two attached hydrogens (primary N) is 1. The summed E-state index contributed by atoms with van der Waals surface area (Å²) < 4.78 is 3.38. The number of carbonyl (C=O) groups excluding carboxylic acids is 1. The minimum Gasteiger partial charge on any atom is -0.478 e. The molecule has 17 heteroatoms. The second-order valence-electron chi connectivity index (χ2n) is 11.4. The molecule has 0 aliphatic rings. The van der Waals surface area contributed by atoms with Crippen molar-refractivity contribution in [2.75, 3.05) is 17.3 Å². The van der Waals surface area contributed by atoms with Crippen LogP contribution in [0.4, 0.5) is 23.3 Å². The summed E-state index contributed by atoms with van der Waals surface area (Å²) in [7, 11) is 3.67. The number of carbonyl (C=O) groups is 2. The van der Waals surface area contributed by atoms with E-state index >= 15 is 0 Å². The zero-order valence-electron chi connectivity index (χ0n) is 29.9. The Morgan fingerprint density at radius 3 is 1.59 bits per heavy atom. The third kappa shape index (κ3) is 11.8. The third-order valence-corrected chi connectivity index (χ3v) is 7.31. The zero-order valence-corrected chi connectivity index (χ0v) is 30.7. The second-order valence-corrected chi connectivity index (χ2v) is 11.4. The zero-order chi connectivity index (χ0) is 38.3. The van der Waals surface area contributed by atoms with E-state index in [4.69, 9.17) is 16.9 Å². The number of nitriles is 1. The molecule has 0 atom stereocenters. The maximum absolute atomic E-state index is 12.0. The number of benzene rings is 2. The minimum atomic E-state index is -0.949. The molecule has 276 valence electrons. The van der Waals surface area contributed by atoms with Crippen molar-refractivity contribution in [2.45, 2.75) is 26.7 Å². The van der Waals surface area contributed by atoms with Crippen molar-refractivity contribution in [1.82, 2.24) is 39.5 Å². The standard InChI is InChI=1S/C19H18N6O.C16H15N5O2.C2H4N2.ClH/c1-13-10-21-19(23-16-11-22-25(2)12-16)24-18(13)15-7-5-14(6-8-15)17(26)4-3-9-20;1-10-7-17-16(19-13-8-18-21(2)9-13)20-14(10)11-3-5-12(6-4-11)15(22)23;1-4-2-3;/h5-8,10-12H,3-4H2,1-2H3,(H,21,23,24);3-9H,1-2H3,(H,22,23)(H,17,19,20);2-3H2;1H. The van der Waals surface area contributed by atoms with E-state index < -0.39 is 5.97 Å². The van der Waals surface area contributed by atoms with Gasteiger partial charge in [0.1, 0.15) is 0 Å². The number of rotatable bonds is 10. The Bertz CT molecular complexity index is 2260. The molecule has 0 unspecified atom stereocenters. The fourth-order valence-corrected chi connectivity index (χ4v) is 4.72. The number of hydrogen-bond acceptors (Lipinski definition) is 12. The van der Waals surface area contributed by atoms with Crippen molar-refractivity contribution >= 4 is 47.4 Å². The van der Waals surface area contributed by atoms with Crippen molar-refractivity contribution in [1.29, 1.82) is 5.26 Å². The highest BCUT2D eigenvalue weighted by Gasteiger charge is 2.11. The van der Waals surface area contributed by atoms with Gasteiger partial charge >= 0.3 is 5.97 Å². The van der Waals surface area contributed by atoms with E-state index in [-0.39, 0.29) is 43.3 Å². The van der Waals surface area contributed by atoms with Crippen LogP contribution in [0.1, 0.15) is 44.7 Å². The Morgan fingerprint density at radius 1 is 0.815 bits per heavy atom. The maximum atomic E-state index is 12.0. The Labute approximate surface area is 318 Å². The molecule has 6 rings (SSSR count). The Balaban J connectivity index is 0.000000261. The van der Waals surface area contributed by atoms with Crippen molar-refractivity contribution in [2.24, 2.45) is 19.8 Å². The molecule has 0 fully saturated rings. The topological polar surface area (TPSA) is 220 Å². The molecule has 0 aliphatic carbocycles. The van der Waals surface area contributed by atoms with E-state index in [2.05, 4.69) is 51.3 Å². The van der Waals surface area contributed by atoms with Gasteiger partial charge in [-0.05, 0) is 37.1 Å². The highest BCUT2D eigenvalue weighted by atomic mass is 35.5. The Morgan fingerprint density at radius 2 is 1.24 bits per heavy atom. The fraction of sp³-hybridized carbons (Fsp3) is 0.189. The monoisotopic (exact) mass is 747 g/mol. The largest absolute Gasteiger partial charge is 0.478 e. The molecule has 0 amide bonds. The highest BCUT2D eigenvalue weighted by molar-refractivity contribution is 5.96. The Hall–Kier alpha value is -7.01. The maximum Gasteiger partial charge on any atom is 0.335 e. The SMILES string of the molecule is Cc1cnc(Nc2cnn(C)c2)nc1-c1ccc(C(=O)CCC#N)cc1.Cc1cnc(Nc2cnn(C)c2)nc1-c1ccc(C(=O)O)cc1.Cl.[C-]#[N+]CN. The van der Waals surface area contributed by atoms with Gasteiger partial charge in [0, 0.05) is 68.4 Å². The van der Waals surface area contributed by atoms with Crippen LogP contribution in [0, 0.1) is 31.8 Å². The average molecular weight is 748 g/mol. The van der Waals surface area contributed by atoms with Crippen molar-refractivity contribution in [3.63, 3.8) is 0 Å². The molecule has 0 aliphatic heterocycles. The summed E-state index contributed by atoms with van der Waals surface area (Å²) in [6.45, 7) is 9.91. The number of Topliss-reactive ketones (excluding diaryl/α,β-unsaturated/α-hetero) is 1. The molecule has 0 bridgehead atoms. The second kappa shape index (κ2) is 20.1. The highest BCUT2D eigenvalue weighted by Crippen LogP contribution is 2.25. The van der Waals surface area contributed by atoms with Crippen LogP contribution in [0.5, 0.6) is 0 Å². The number of aromatic nitrogens is 8. The Kier molecular flexibility index (Phi) is 15.4. The van der Waals surface area contributed by atoms with Gasteiger partial charge in [0.15, 0.2) is 5.78 Å². The van der Waals surface area contributed by atoms with Crippen LogP contribution >= 0.6 is 12.4 Å². The van der Waals surface area contributed by atoms with Crippen molar-refractivity contribution in [3.05, 3.63) is 119 Å². The number of ketones is 1. The number of carboxylic acids is 1. The molecule has 0 saturated carbocycles. The van der Waals surface area contributed by atoms with Crippen LogP contribution in [-0.2, 0) is 14.1 Å². The fourth-order valence-electron chi connectivity index (χ4n) is 4.72. The molecule has 0 radical (unpaired) electrons. The van der Waals surface area contributed by atoms with Crippen LogP contribution < -0.4 is 16.4 Å². The molecule has 5 N–H and O–H groups in total. The van der Waals surface area contributed by atoms with Crippen molar-refractivity contribution < 1.29 is 14.7 Å². The minimum absolute atomic E-state index is 0. The van der Waals surface area contributed by atoms with Crippen LogP contribution in [0.25, 0.3) is 27.4 Å². The van der Waals surface area contributed by atoms with E-state index in [1.165, 1.54) is 0 Å². The number of aromatic carboxylic acids is 1. The predicted octanol–water partition coefficient (Wildman–Crippen LogP) is 6.29. The van der Waals surface area contributed by atoms with Gasteiger partial charge < -0.3 is 15.7 Å². The van der Waals surface area contributed by atoms with E-state index in [0.29, 0.717) is 17.5 Å². The van der Waals surface area contributed by atoms with Gasteiger partial charge in [-0.3, -0.25) is 24.7 Å². The summed E-state index contributed by atoms with van der Waals surface area (Å²) in [6, 6.07) is 15.9. The lowest BCUT2D eigenvalue weighted by Gasteiger charge is -2.09. The lowest BCUT2D eigenvalue weighted by Crippen LogP contribution is -2.01. The molecular formula is C37H38ClN13O3. The lowest BCUT2D eigenvalue weighted by atomic mass is 10.0. The first kappa shape index (κ1) is 41.4. The summed E-state index contributed by atoms with van der Waals surface area (Å²) in [5.74, 6) is -0.0416. The van der Waals surface area contributed by atoms with Gasteiger partial charge in [0.25, 0.3) is 6.67 Å². The van der Waals surface area contributed by atoms with E-state index in [1.54, 1.807) is 70.5 Å². The van der Waals surface area contributed by atoms with Crippen molar-refractivity contribution in [3.8, 4) is 28.6 Å². The quantitative estimate of drug-likeness (QED) is 0.0896. The molecule has 2 aromatic carbocycles. The molecule has 4 heterocycles. The van der Waals surface area contributed by atoms with Crippen LogP contribution in [0.2, 0.25) is 0 Å². The lowest BCUT2D eigenvalue weighted by molar-refractivity contribution is 0.0696. The van der Waals surface area contributed by atoms with Gasteiger partial charge in [-0.25, -0.2) is 31.3 Å². The number of nitrogens with zero attached hydrogens (tertiary/aromatic N) is 10. The van der Waals surface area contributed by atoms with E-state index in [9.17, 15) is 9.59 Å². The van der Waals surface area contributed by atoms with E-state index in [0.717, 1.165) is 45.0 Å². The van der Waals surface area contributed by atoms with Gasteiger partial charge in [0.2, 0.25) is 11.9 Å². The molecule has 0 saturated heterocycles. The number of carboxylic acid groups (broad SMARTS) is 1. The normalized spacial score (nSPS) is 9.83. The van der Waals surface area contributed by atoms with Gasteiger partial charge in [-0.1, -0.05) is 36.4 Å². The summed E-state index contributed by atoms with van der Waals surface area (Å²) in [4.78, 5) is 43.3. The molecule has 4 aromatic heterocycles. The van der Waals surface area contributed by atoms with Crippen LogP contribution in [0.3, 0.4) is 0 Å². The first-order valence-electron chi connectivity index (χ1n) is 16.1. The molecular weight excluding hydrogens is 710 g/mol. The third-order valence-electron chi connectivity index (χ3n) is 7.31. The summed E-state index contributed by atoms with van der Waals surface area (Å²) >= 11 is 0. The first-order valence-corrected chi connectivity index (χ1v) is 16.1. The summed E-state index contributed by atoms with van der Waals surface area (Å²) in [6.07, 6.45) is 11.0. The smallest absolute Gasteiger partial charge is 0.335 e. The number of aryl methyl sites for hydroxylation is 4. The van der Waals surface area contributed by atoms with Gasteiger partial charge in [-0.15, -0.1) is 12.4 Å². The number of halogens is 1. The number of hydrogen-bond donors (Lipinski definition) is 4. The molecule has 54 heavy (non-hydrogen) atoms. The number of anilines is 4. The van der Waals surface area contributed by atoms with Gasteiger partial charge in [0.05, 0.1) is 46.8 Å². The molecule has 6 aromatic rings. The summed E-state index contributed by atoms with van der Waals surface area (Å²) in [5, 5.41) is 32.0.